The zero-order valence-electron chi connectivity index (χ0n) is 15.7. The van der Waals surface area contributed by atoms with Gasteiger partial charge < -0.3 is 9.88 Å². The van der Waals surface area contributed by atoms with Gasteiger partial charge in [0, 0.05) is 31.7 Å². The van der Waals surface area contributed by atoms with Crippen LogP contribution in [0, 0.1) is 0 Å². The minimum atomic E-state index is -3.44. The number of nitrogens with one attached hydrogen (secondary N) is 1. The van der Waals surface area contributed by atoms with Crippen LogP contribution in [0.1, 0.15) is 37.4 Å². The van der Waals surface area contributed by atoms with Gasteiger partial charge in [-0.25, -0.2) is 8.42 Å². The number of benzene rings is 1. The molecule has 8 nitrogen and oxygen atoms in total. The first-order chi connectivity index (χ1) is 13.4. The number of nitrogens with zero attached hydrogens (tertiary/aromatic N) is 4. The molecule has 1 N–H and O–H groups in total. The maximum absolute atomic E-state index is 12.5. The van der Waals surface area contributed by atoms with E-state index in [-0.39, 0.29) is 16.6 Å². The molecule has 0 radical (unpaired) electrons. The average Bonchev–Trinajstić information content (AvgIpc) is 3.22. The molecular weight excluding hydrogens is 398 g/mol. The monoisotopic (exact) mass is 421 g/mol. The van der Waals surface area contributed by atoms with Gasteiger partial charge in [0.05, 0.1) is 10.6 Å². The molecule has 2 heterocycles. The predicted molar refractivity (Wildman–Crippen MR) is 107 cm³/mol. The summed E-state index contributed by atoms with van der Waals surface area (Å²) in [6.45, 7) is 1.14. The van der Waals surface area contributed by atoms with Crippen LogP contribution in [-0.4, -0.2) is 52.2 Å². The maximum atomic E-state index is 12.5. The molecule has 4 rings (SSSR count). The van der Waals surface area contributed by atoms with Gasteiger partial charge in [-0.1, -0.05) is 11.8 Å². The Bertz CT molecular complexity index is 962. The lowest BCUT2D eigenvalue weighted by Crippen LogP contribution is -2.27. The van der Waals surface area contributed by atoms with Gasteiger partial charge >= 0.3 is 0 Å². The van der Waals surface area contributed by atoms with E-state index in [1.54, 1.807) is 24.3 Å². The van der Waals surface area contributed by atoms with Crippen molar-refractivity contribution in [3.63, 3.8) is 0 Å². The zero-order valence-corrected chi connectivity index (χ0v) is 17.3. The highest BCUT2D eigenvalue weighted by Gasteiger charge is 2.29. The van der Waals surface area contributed by atoms with Crippen molar-refractivity contribution < 1.29 is 13.2 Å². The van der Waals surface area contributed by atoms with Gasteiger partial charge in [-0.2, -0.15) is 4.31 Å². The molecule has 28 heavy (non-hydrogen) atoms. The number of rotatable bonds is 7. The molecular formula is C18H23N5O3S2. The Balaban J connectivity index is 1.33. The molecule has 2 fully saturated rings. The first-order valence-corrected chi connectivity index (χ1v) is 11.8. The van der Waals surface area contributed by atoms with Gasteiger partial charge in [0.1, 0.15) is 5.82 Å². The Morgan fingerprint density at radius 3 is 2.50 bits per heavy atom. The highest BCUT2D eigenvalue weighted by atomic mass is 32.2. The molecule has 150 valence electrons. The van der Waals surface area contributed by atoms with Crippen LogP contribution in [0.15, 0.2) is 34.3 Å². The Morgan fingerprint density at radius 2 is 1.86 bits per heavy atom. The van der Waals surface area contributed by atoms with Crippen LogP contribution in [0.25, 0.3) is 0 Å². The molecule has 2 aliphatic rings. The minimum Gasteiger partial charge on any atom is -0.325 e. The number of sulfonamides is 1. The van der Waals surface area contributed by atoms with Crippen molar-refractivity contribution in [1.82, 2.24) is 19.1 Å². The van der Waals surface area contributed by atoms with Crippen LogP contribution >= 0.6 is 11.8 Å². The van der Waals surface area contributed by atoms with E-state index in [4.69, 9.17) is 0 Å². The van der Waals surface area contributed by atoms with Crippen LogP contribution in [0.3, 0.4) is 0 Å². The Kier molecular flexibility index (Phi) is 5.44. The zero-order chi connectivity index (χ0) is 19.7. The third-order valence-corrected chi connectivity index (χ3v) is 7.92. The third kappa shape index (κ3) is 4.08. The van der Waals surface area contributed by atoms with Gasteiger partial charge in [-0.15, -0.1) is 10.2 Å². The van der Waals surface area contributed by atoms with Crippen molar-refractivity contribution in [2.45, 2.75) is 41.7 Å². The normalized spacial score (nSPS) is 17.8. The molecule has 1 aliphatic heterocycles. The molecule has 1 saturated carbocycles. The van der Waals surface area contributed by atoms with Crippen LogP contribution in [0.5, 0.6) is 0 Å². The van der Waals surface area contributed by atoms with Gasteiger partial charge in [-0.05, 0) is 49.9 Å². The fraction of sp³-hybridized carbons (Fsp3) is 0.500. The molecule has 1 amide bonds. The van der Waals surface area contributed by atoms with Crippen molar-refractivity contribution in [3.05, 3.63) is 30.1 Å². The average molecular weight is 422 g/mol. The second-order valence-corrected chi connectivity index (χ2v) is 10.0. The largest absolute Gasteiger partial charge is 0.325 e. The Hall–Kier alpha value is -1.91. The van der Waals surface area contributed by atoms with Crippen molar-refractivity contribution in [3.8, 4) is 0 Å². The lowest BCUT2D eigenvalue weighted by molar-refractivity contribution is -0.113. The summed E-state index contributed by atoms with van der Waals surface area (Å²) in [6.07, 6.45) is 4.11. The number of thioether (sulfide) groups is 1. The fourth-order valence-corrected chi connectivity index (χ4v) is 5.50. The van der Waals surface area contributed by atoms with Crippen molar-refractivity contribution in [1.29, 1.82) is 0 Å². The molecule has 10 heteroatoms. The molecule has 1 aromatic heterocycles. The van der Waals surface area contributed by atoms with E-state index in [9.17, 15) is 13.2 Å². The lowest BCUT2D eigenvalue weighted by atomic mass is 10.3. The second-order valence-electron chi connectivity index (χ2n) is 7.15. The summed E-state index contributed by atoms with van der Waals surface area (Å²) in [7, 11) is -1.51. The molecule has 0 atom stereocenters. The number of anilines is 1. The number of amides is 1. The molecule has 1 aliphatic carbocycles. The van der Waals surface area contributed by atoms with Crippen molar-refractivity contribution >= 4 is 33.4 Å². The number of carbonyl (C=O) groups excluding carboxylic acids is 1. The lowest BCUT2D eigenvalue weighted by Gasteiger charge is -2.15. The van der Waals surface area contributed by atoms with E-state index in [1.165, 1.54) is 16.1 Å². The van der Waals surface area contributed by atoms with E-state index >= 15 is 0 Å². The summed E-state index contributed by atoms with van der Waals surface area (Å²) < 4.78 is 28.5. The standard InChI is InChI=1S/C18H23N5O3S2/c1-22-17(13-4-5-13)20-21-18(22)27-12-16(24)19-14-6-8-15(9-7-14)28(25,26)23-10-2-3-11-23/h6-9,13H,2-5,10-12H2,1H3,(H,19,24). The first-order valence-electron chi connectivity index (χ1n) is 9.37. The number of carbonyl (C=O) groups is 1. The molecule has 0 bridgehead atoms. The van der Waals surface area contributed by atoms with Gasteiger partial charge in [0.25, 0.3) is 0 Å². The summed E-state index contributed by atoms with van der Waals surface area (Å²) >= 11 is 1.34. The van der Waals surface area contributed by atoms with E-state index in [0.717, 1.165) is 36.7 Å². The molecule has 1 aromatic carbocycles. The number of aromatic nitrogens is 3. The number of hydrogen-bond acceptors (Lipinski definition) is 6. The molecule has 1 saturated heterocycles. The van der Waals surface area contributed by atoms with Crippen LogP contribution in [-0.2, 0) is 21.9 Å². The van der Waals surface area contributed by atoms with Crippen LogP contribution in [0.2, 0.25) is 0 Å². The topological polar surface area (TPSA) is 97.2 Å². The van der Waals surface area contributed by atoms with E-state index < -0.39 is 10.0 Å². The second kappa shape index (κ2) is 7.84. The Labute approximate surface area is 168 Å². The summed E-state index contributed by atoms with van der Waals surface area (Å²) in [5.74, 6) is 1.54. The van der Waals surface area contributed by atoms with Crippen molar-refractivity contribution in [2.75, 3.05) is 24.2 Å². The summed E-state index contributed by atoms with van der Waals surface area (Å²) in [4.78, 5) is 12.5. The van der Waals surface area contributed by atoms with E-state index in [2.05, 4.69) is 15.5 Å². The van der Waals surface area contributed by atoms with Gasteiger partial charge in [-0.3, -0.25) is 4.79 Å². The molecule has 0 spiro atoms. The fourth-order valence-electron chi connectivity index (χ4n) is 3.26. The predicted octanol–water partition coefficient (Wildman–Crippen LogP) is 2.21. The van der Waals surface area contributed by atoms with E-state index in [1.807, 2.05) is 11.6 Å². The molecule has 2 aromatic rings. The smallest absolute Gasteiger partial charge is 0.243 e. The minimum absolute atomic E-state index is 0.170. The SMILES string of the molecule is Cn1c(SCC(=O)Nc2ccc(S(=O)(=O)N3CCCC3)cc2)nnc1C1CC1. The highest BCUT2D eigenvalue weighted by Crippen LogP contribution is 2.39. The van der Waals surface area contributed by atoms with Crippen LogP contribution < -0.4 is 5.32 Å². The highest BCUT2D eigenvalue weighted by molar-refractivity contribution is 7.99. The first kappa shape index (κ1) is 19.4. The maximum Gasteiger partial charge on any atom is 0.243 e. The summed E-state index contributed by atoms with van der Waals surface area (Å²) in [5.41, 5.74) is 0.572. The molecule has 0 unspecified atom stereocenters. The van der Waals surface area contributed by atoms with Crippen LogP contribution in [0.4, 0.5) is 5.69 Å². The quantitative estimate of drug-likeness (QED) is 0.689. The Morgan fingerprint density at radius 1 is 1.18 bits per heavy atom. The van der Waals surface area contributed by atoms with E-state index in [0.29, 0.717) is 24.7 Å². The van der Waals surface area contributed by atoms with Gasteiger partial charge in [0.15, 0.2) is 5.16 Å². The van der Waals surface area contributed by atoms with Gasteiger partial charge in [0.2, 0.25) is 15.9 Å². The summed E-state index contributed by atoms with van der Waals surface area (Å²) in [5, 5.41) is 11.9. The number of hydrogen-bond donors (Lipinski definition) is 1. The third-order valence-electron chi connectivity index (χ3n) is 4.98. The van der Waals surface area contributed by atoms with Crippen molar-refractivity contribution in [2.24, 2.45) is 7.05 Å². The summed E-state index contributed by atoms with van der Waals surface area (Å²) in [6, 6.07) is 6.33.